The fourth-order valence-corrected chi connectivity index (χ4v) is 4.63. The summed E-state index contributed by atoms with van der Waals surface area (Å²) in [6.07, 6.45) is 5.28. The lowest BCUT2D eigenvalue weighted by Crippen LogP contribution is -2.33. The number of hydrogen-bond acceptors (Lipinski definition) is 6. The third kappa shape index (κ3) is 3.29. The van der Waals surface area contributed by atoms with Gasteiger partial charge in [0.15, 0.2) is 11.5 Å². The van der Waals surface area contributed by atoms with Gasteiger partial charge in [-0.15, -0.1) is 0 Å². The summed E-state index contributed by atoms with van der Waals surface area (Å²) in [6, 6.07) is 12.1. The Balaban J connectivity index is 1.47. The molecule has 1 amide bonds. The number of carbonyl (C=O) groups is 1. The number of halogens is 2. The van der Waals surface area contributed by atoms with Gasteiger partial charge in [0, 0.05) is 25.0 Å². The second kappa shape index (κ2) is 7.91. The number of anilines is 2. The van der Waals surface area contributed by atoms with Crippen LogP contribution in [0.3, 0.4) is 0 Å². The maximum atomic E-state index is 14.3. The summed E-state index contributed by atoms with van der Waals surface area (Å²) >= 11 is 0. The molecule has 36 heavy (non-hydrogen) atoms. The third-order valence-electron chi connectivity index (χ3n) is 6.53. The van der Waals surface area contributed by atoms with Gasteiger partial charge in [-0.25, -0.2) is 28.7 Å². The Bertz CT molecular complexity index is 1670. The van der Waals surface area contributed by atoms with Crippen LogP contribution in [-0.2, 0) is 16.6 Å². The smallest absolute Gasteiger partial charge is 0.240 e. The van der Waals surface area contributed by atoms with Crippen LogP contribution in [0.15, 0.2) is 67.1 Å². The number of benzene rings is 2. The molecule has 0 fully saturated rings. The highest BCUT2D eigenvalue weighted by Gasteiger charge is 2.47. The van der Waals surface area contributed by atoms with E-state index in [0.29, 0.717) is 33.7 Å². The first-order valence-corrected chi connectivity index (χ1v) is 11.2. The molecule has 0 saturated carbocycles. The predicted molar refractivity (Wildman–Crippen MR) is 129 cm³/mol. The summed E-state index contributed by atoms with van der Waals surface area (Å²) in [7, 11) is 0. The molecule has 1 aliphatic rings. The van der Waals surface area contributed by atoms with E-state index in [1.807, 2.05) is 0 Å². The number of nitrogens with one attached hydrogen (secondary N) is 1. The molecule has 1 atom stereocenters. The average Bonchev–Trinajstić information content (AvgIpc) is 3.44. The van der Waals surface area contributed by atoms with Crippen molar-refractivity contribution in [2.45, 2.75) is 18.8 Å². The van der Waals surface area contributed by atoms with Crippen molar-refractivity contribution < 1.29 is 13.6 Å². The summed E-state index contributed by atoms with van der Waals surface area (Å²) in [6.45, 7) is 1.70. The fourth-order valence-electron chi connectivity index (χ4n) is 4.63. The summed E-state index contributed by atoms with van der Waals surface area (Å²) in [5.41, 5.74) is 8.13. The van der Waals surface area contributed by atoms with Gasteiger partial charge in [0.25, 0.3) is 0 Å². The number of nitrogens with two attached hydrogens (primary N) is 1. The van der Waals surface area contributed by atoms with E-state index >= 15 is 0 Å². The minimum absolute atomic E-state index is 0.100. The average molecular weight is 483 g/mol. The van der Waals surface area contributed by atoms with Gasteiger partial charge in [0.1, 0.15) is 34.4 Å². The van der Waals surface area contributed by atoms with Crippen LogP contribution in [0.4, 0.5) is 20.4 Å². The quantitative estimate of drug-likeness (QED) is 0.401. The Morgan fingerprint density at radius 2 is 1.83 bits per heavy atom. The van der Waals surface area contributed by atoms with E-state index in [0.717, 1.165) is 0 Å². The van der Waals surface area contributed by atoms with Crippen molar-refractivity contribution >= 4 is 23.2 Å². The predicted octanol–water partition coefficient (Wildman–Crippen LogP) is 3.90. The number of nitrogen functional groups attached to an aromatic ring is 1. The topological polar surface area (TPSA) is 111 Å². The van der Waals surface area contributed by atoms with Gasteiger partial charge in [0.05, 0.1) is 11.3 Å². The molecule has 0 spiro atoms. The van der Waals surface area contributed by atoms with E-state index in [4.69, 9.17) is 5.73 Å². The van der Waals surface area contributed by atoms with E-state index in [1.54, 1.807) is 60.2 Å². The molecule has 0 bridgehead atoms. The maximum Gasteiger partial charge on any atom is 0.240 e. The summed E-state index contributed by atoms with van der Waals surface area (Å²) in [4.78, 5) is 31.2. The number of imidazole rings is 1. The van der Waals surface area contributed by atoms with E-state index in [-0.39, 0.29) is 35.6 Å². The van der Waals surface area contributed by atoms with Gasteiger partial charge in [-0.1, -0.05) is 30.3 Å². The van der Waals surface area contributed by atoms with Gasteiger partial charge in [-0.3, -0.25) is 4.79 Å². The van der Waals surface area contributed by atoms with Crippen molar-refractivity contribution in [2.24, 2.45) is 0 Å². The summed E-state index contributed by atoms with van der Waals surface area (Å²) in [5.74, 6) is -0.537. The number of nitrogens with zero attached hydrogens (tertiary/aromatic N) is 5. The van der Waals surface area contributed by atoms with E-state index in [1.165, 1.54) is 18.2 Å². The molecule has 1 unspecified atom stereocenters. The molecule has 0 radical (unpaired) electrons. The molecule has 3 N–H and O–H groups in total. The molecule has 10 heteroatoms. The molecule has 0 aliphatic carbocycles. The minimum Gasteiger partial charge on any atom is -0.383 e. The lowest BCUT2D eigenvalue weighted by atomic mass is 9.78. The van der Waals surface area contributed by atoms with E-state index in [9.17, 15) is 13.6 Å². The number of hydrogen-bond donors (Lipinski definition) is 2. The summed E-state index contributed by atoms with van der Waals surface area (Å²) < 4.78 is 29.6. The minimum atomic E-state index is -1.19. The van der Waals surface area contributed by atoms with Crippen molar-refractivity contribution in [3.63, 3.8) is 0 Å². The number of rotatable bonds is 4. The zero-order valence-electron chi connectivity index (χ0n) is 19.0. The maximum absolute atomic E-state index is 14.3. The van der Waals surface area contributed by atoms with Crippen LogP contribution in [0.1, 0.15) is 29.3 Å². The normalized spacial score (nSPS) is 16.8. The lowest BCUT2D eigenvalue weighted by molar-refractivity contribution is -0.119. The highest BCUT2D eigenvalue weighted by atomic mass is 19.1. The fraction of sp³-hybridized carbons (Fsp3) is 0.115. The molecule has 0 saturated heterocycles. The van der Waals surface area contributed by atoms with Gasteiger partial charge < -0.3 is 15.5 Å². The first-order chi connectivity index (χ1) is 17.3. The number of fused-ring (bicyclic) bond motifs is 2. The Kier molecular flexibility index (Phi) is 4.78. The largest absolute Gasteiger partial charge is 0.383 e. The van der Waals surface area contributed by atoms with Gasteiger partial charge in [-0.05, 0) is 36.2 Å². The van der Waals surface area contributed by atoms with E-state index in [2.05, 4.69) is 25.3 Å². The molecule has 4 heterocycles. The van der Waals surface area contributed by atoms with Gasteiger partial charge in [0.2, 0.25) is 5.91 Å². The van der Waals surface area contributed by atoms with Gasteiger partial charge in [-0.2, -0.15) is 0 Å². The molecule has 178 valence electrons. The van der Waals surface area contributed by atoms with Crippen LogP contribution in [-0.4, -0.2) is 30.2 Å². The highest BCUT2D eigenvalue weighted by molar-refractivity contribution is 6.09. The molecular formula is C26H19F2N7O. The molecular weight excluding hydrogens is 464 g/mol. The zero-order chi connectivity index (χ0) is 25.0. The van der Waals surface area contributed by atoms with Crippen LogP contribution >= 0.6 is 0 Å². The Morgan fingerprint density at radius 3 is 2.61 bits per heavy atom. The third-order valence-corrected chi connectivity index (χ3v) is 6.53. The van der Waals surface area contributed by atoms with Crippen molar-refractivity contribution in [3.05, 3.63) is 101 Å². The van der Waals surface area contributed by atoms with Crippen LogP contribution in [0.2, 0.25) is 0 Å². The molecule has 5 aromatic rings. The van der Waals surface area contributed by atoms with Crippen LogP contribution in [0.25, 0.3) is 17.2 Å². The highest BCUT2D eigenvalue weighted by Crippen LogP contribution is 2.44. The zero-order valence-corrected chi connectivity index (χ0v) is 19.0. The molecule has 8 nitrogen and oxygen atoms in total. The second-order valence-corrected chi connectivity index (χ2v) is 8.74. The lowest BCUT2D eigenvalue weighted by Gasteiger charge is -2.23. The number of amides is 1. The second-order valence-electron chi connectivity index (χ2n) is 8.74. The van der Waals surface area contributed by atoms with Crippen LogP contribution in [0.5, 0.6) is 0 Å². The van der Waals surface area contributed by atoms with Crippen molar-refractivity contribution in [2.75, 3.05) is 11.1 Å². The van der Waals surface area contributed by atoms with Crippen LogP contribution in [0, 0.1) is 11.6 Å². The van der Waals surface area contributed by atoms with Crippen molar-refractivity contribution in [3.8, 4) is 11.5 Å². The number of aromatic nitrogens is 5. The van der Waals surface area contributed by atoms with Gasteiger partial charge >= 0.3 is 0 Å². The molecule has 2 aromatic carbocycles. The molecule has 3 aromatic heterocycles. The first kappa shape index (κ1) is 21.8. The molecule has 6 rings (SSSR count). The first-order valence-electron chi connectivity index (χ1n) is 11.2. The molecule has 1 aliphatic heterocycles. The SMILES string of the molecule is CC1(c2ccc(F)cc2)C(=O)Nc2nc(-c3cn4ccnc4c(Cc4ccccc4F)n3)nc(N)c21. The monoisotopic (exact) mass is 483 g/mol. The standard InChI is InChI=1S/C26H19F2N7O/c1-26(15-6-8-16(27)9-7-15)20-21(29)32-22(33-23(20)34-25(26)36)19-13-35-11-10-30-24(35)18(31-19)12-14-4-2-3-5-17(14)28/h2-11,13H,12H2,1H3,(H3,29,32,33,34,36). The Labute approximate surface area is 203 Å². The van der Waals surface area contributed by atoms with E-state index < -0.39 is 11.2 Å². The van der Waals surface area contributed by atoms with Crippen molar-refractivity contribution in [1.82, 2.24) is 24.3 Å². The Hall–Kier alpha value is -4.73. The Morgan fingerprint density at radius 1 is 1.06 bits per heavy atom. The number of carbonyl (C=O) groups excluding carboxylic acids is 1. The van der Waals surface area contributed by atoms with Crippen LogP contribution < -0.4 is 11.1 Å². The summed E-state index contributed by atoms with van der Waals surface area (Å²) in [5, 5.41) is 2.79. The van der Waals surface area contributed by atoms with Crippen molar-refractivity contribution in [1.29, 1.82) is 0 Å².